The number of hydrogen-bond donors (Lipinski definition) is 2. The molecule has 2 N–H and O–H groups in total. The lowest BCUT2D eigenvalue weighted by Crippen LogP contribution is -2.26. The van der Waals surface area contributed by atoms with Crippen LogP contribution in [0.15, 0.2) is 30.6 Å². The van der Waals surface area contributed by atoms with Crippen LogP contribution in [-0.4, -0.2) is 16.1 Å². The molecule has 0 saturated carbocycles. The number of rotatable bonds is 6. The first-order valence-electron chi connectivity index (χ1n) is 8.61. The van der Waals surface area contributed by atoms with Crippen molar-refractivity contribution in [2.24, 2.45) is 0 Å². The van der Waals surface area contributed by atoms with E-state index in [1.54, 1.807) is 0 Å². The van der Waals surface area contributed by atoms with E-state index in [0.717, 1.165) is 18.4 Å². The molecule has 1 aromatic heterocycles. The third kappa shape index (κ3) is 4.21. The minimum atomic E-state index is 0.0728. The van der Waals surface area contributed by atoms with Crippen molar-refractivity contribution in [2.75, 3.05) is 0 Å². The van der Waals surface area contributed by atoms with Crippen LogP contribution in [0.2, 0.25) is 0 Å². The minimum Gasteiger partial charge on any atom is -0.350 e. The maximum absolute atomic E-state index is 12.1. The number of fused-ring (bicyclic) bond motifs is 1. The molecule has 1 aliphatic rings. The van der Waals surface area contributed by atoms with E-state index in [1.807, 2.05) is 12.4 Å². The Labute approximate surface area is 137 Å². The normalized spacial score (nSPS) is 15.0. The second-order valence-electron chi connectivity index (χ2n) is 6.48. The number of aryl methyl sites for hydroxylation is 3. The molecule has 0 aliphatic heterocycles. The molecule has 1 atom stereocenters. The molecule has 2 aromatic rings. The van der Waals surface area contributed by atoms with Gasteiger partial charge in [0.1, 0.15) is 0 Å². The van der Waals surface area contributed by atoms with Gasteiger partial charge in [0.25, 0.3) is 0 Å². The lowest BCUT2D eigenvalue weighted by atomic mass is 9.89. The molecule has 0 radical (unpaired) electrons. The van der Waals surface area contributed by atoms with Gasteiger partial charge in [0.05, 0.1) is 12.2 Å². The minimum absolute atomic E-state index is 0.0728. The van der Waals surface area contributed by atoms with Crippen LogP contribution in [0.5, 0.6) is 0 Å². The van der Waals surface area contributed by atoms with E-state index in [2.05, 4.69) is 40.6 Å². The second kappa shape index (κ2) is 7.44. The molecule has 23 heavy (non-hydrogen) atoms. The number of carbonyl (C=O) groups is 1. The average molecular weight is 311 g/mol. The van der Waals surface area contributed by atoms with Crippen LogP contribution in [0.3, 0.4) is 0 Å². The Morgan fingerprint density at radius 3 is 2.91 bits per heavy atom. The van der Waals surface area contributed by atoms with E-state index in [0.29, 0.717) is 6.42 Å². The lowest BCUT2D eigenvalue weighted by Gasteiger charge is -2.20. The summed E-state index contributed by atoms with van der Waals surface area (Å²) < 4.78 is 0. The SMILES string of the molecule is C[C@H](NC(=O)CCCc1cn[nH]c1)c1ccc2c(c1)CCCC2. The number of carbonyl (C=O) groups excluding carboxylic acids is 1. The predicted molar refractivity (Wildman–Crippen MR) is 91.2 cm³/mol. The first-order chi connectivity index (χ1) is 11.2. The third-order valence-corrected chi connectivity index (χ3v) is 4.67. The number of aromatic amines is 1. The van der Waals surface area contributed by atoms with Crippen LogP contribution in [0.1, 0.15) is 60.9 Å². The van der Waals surface area contributed by atoms with Gasteiger partial charge >= 0.3 is 0 Å². The molecule has 1 heterocycles. The summed E-state index contributed by atoms with van der Waals surface area (Å²) in [5, 5.41) is 9.83. The van der Waals surface area contributed by atoms with Crippen LogP contribution in [0.4, 0.5) is 0 Å². The standard InChI is InChI=1S/C19H25N3O/c1-14(17-10-9-16-6-2-3-7-18(16)11-17)22-19(23)8-4-5-15-12-20-21-13-15/h9-14H,2-8H2,1H3,(H,20,21)(H,22,23)/t14-/m0/s1. The van der Waals surface area contributed by atoms with E-state index < -0.39 is 0 Å². The molecular formula is C19H25N3O. The highest BCUT2D eigenvalue weighted by Crippen LogP contribution is 2.24. The van der Waals surface area contributed by atoms with Crippen molar-refractivity contribution in [1.29, 1.82) is 0 Å². The summed E-state index contributed by atoms with van der Waals surface area (Å²) in [4.78, 5) is 12.1. The second-order valence-corrected chi connectivity index (χ2v) is 6.48. The maximum atomic E-state index is 12.1. The van der Waals surface area contributed by atoms with Crippen molar-refractivity contribution in [3.63, 3.8) is 0 Å². The Bertz CT molecular complexity index is 649. The number of amides is 1. The first kappa shape index (κ1) is 15.8. The average Bonchev–Trinajstić information content (AvgIpc) is 3.07. The predicted octanol–water partition coefficient (Wildman–Crippen LogP) is 3.49. The van der Waals surface area contributed by atoms with Crippen LogP contribution >= 0.6 is 0 Å². The van der Waals surface area contributed by atoms with Crippen molar-refractivity contribution in [2.45, 2.75) is 57.9 Å². The summed E-state index contributed by atoms with van der Waals surface area (Å²) >= 11 is 0. The van der Waals surface area contributed by atoms with Crippen LogP contribution in [-0.2, 0) is 24.1 Å². The fourth-order valence-electron chi connectivity index (χ4n) is 3.29. The van der Waals surface area contributed by atoms with Crippen LogP contribution in [0, 0.1) is 0 Å². The fraction of sp³-hybridized carbons (Fsp3) is 0.474. The van der Waals surface area contributed by atoms with Crippen molar-refractivity contribution < 1.29 is 4.79 Å². The molecule has 1 amide bonds. The quantitative estimate of drug-likeness (QED) is 0.858. The van der Waals surface area contributed by atoms with Gasteiger partial charge in [0.15, 0.2) is 0 Å². The van der Waals surface area contributed by atoms with Gasteiger partial charge in [0, 0.05) is 12.6 Å². The van der Waals surface area contributed by atoms with Crippen LogP contribution in [0.25, 0.3) is 0 Å². The number of aromatic nitrogens is 2. The number of benzene rings is 1. The summed E-state index contributed by atoms with van der Waals surface area (Å²) in [6.07, 6.45) is 10.9. The highest BCUT2D eigenvalue weighted by Gasteiger charge is 2.14. The van der Waals surface area contributed by atoms with Gasteiger partial charge in [-0.05, 0) is 67.7 Å². The molecule has 4 heteroatoms. The Morgan fingerprint density at radius 1 is 1.30 bits per heavy atom. The molecule has 0 fully saturated rings. The van der Waals surface area contributed by atoms with E-state index in [1.165, 1.54) is 42.4 Å². The first-order valence-corrected chi connectivity index (χ1v) is 8.61. The number of nitrogens with zero attached hydrogens (tertiary/aromatic N) is 1. The highest BCUT2D eigenvalue weighted by molar-refractivity contribution is 5.76. The number of H-pyrrole nitrogens is 1. The molecule has 3 rings (SSSR count). The maximum Gasteiger partial charge on any atom is 0.220 e. The van der Waals surface area contributed by atoms with Gasteiger partial charge in [-0.3, -0.25) is 9.89 Å². The van der Waals surface area contributed by atoms with E-state index in [-0.39, 0.29) is 11.9 Å². The van der Waals surface area contributed by atoms with E-state index in [4.69, 9.17) is 0 Å². The van der Waals surface area contributed by atoms with Crippen molar-refractivity contribution in [1.82, 2.24) is 15.5 Å². The van der Waals surface area contributed by atoms with E-state index >= 15 is 0 Å². The zero-order chi connectivity index (χ0) is 16.1. The summed E-state index contributed by atoms with van der Waals surface area (Å²) in [6, 6.07) is 6.76. The smallest absolute Gasteiger partial charge is 0.220 e. The Kier molecular flexibility index (Phi) is 5.11. The Balaban J connectivity index is 1.50. The van der Waals surface area contributed by atoms with E-state index in [9.17, 15) is 4.79 Å². The van der Waals surface area contributed by atoms with Gasteiger partial charge in [-0.2, -0.15) is 5.10 Å². The largest absolute Gasteiger partial charge is 0.350 e. The molecule has 1 aromatic carbocycles. The summed E-state index contributed by atoms with van der Waals surface area (Å²) in [7, 11) is 0. The summed E-state index contributed by atoms with van der Waals surface area (Å²) in [5.74, 6) is 0.124. The summed E-state index contributed by atoms with van der Waals surface area (Å²) in [5.41, 5.74) is 5.32. The van der Waals surface area contributed by atoms with Gasteiger partial charge in [-0.15, -0.1) is 0 Å². The van der Waals surface area contributed by atoms with Crippen molar-refractivity contribution in [3.05, 3.63) is 52.8 Å². The van der Waals surface area contributed by atoms with Crippen LogP contribution < -0.4 is 5.32 Å². The fourth-order valence-corrected chi connectivity index (χ4v) is 3.29. The molecule has 0 spiro atoms. The van der Waals surface area contributed by atoms with Gasteiger partial charge in [-0.1, -0.05) is 18.2 Å². The lowest BCUT2D eigenvalue weighted by molar-refractivity contribution is -0.121. The number of nitrogens with one attached hydrogen (secondary N) is 2. The number of hydrogen-bond acceptors (Lipinski definition) is 2. The molecule has 0 unspecified atom stereocenters. The monoisotopic (exact) mass is 311 g/mol. The third-order valence-electron chi connectivity index (χ3n) is 4.67. The van der Waals surface area contributed by atoms with Gasteiger partial charge < -0.3 is 5.32 Å². The van der Waals surface area contributed by atoms with Gasteiger partial charge in [-0.25, -0.2) is 0 Å². The molecule has 0 bridgehead atoms. The topological polar surface area (TPSA) is 57.8 Å². The zero-order valence-corrected chi connectivity index (χ0v) is 13.8. The molecule has 0 saturated heterocycles. The van der Waals surface area contributed by atoms with Crippen molar-refractivity contribution >= 4 is 5.91 Å². The summed E-state index contributed by atoms with van der Waals surface area (Å²) in [6.45, 7) is 2.07. The molecule has 122 valence electrons. The highest BCUT2D eigenvalue weighted by atomic mass is 16.1. The van der Waals surface area contributed by atoms with Gasteiger partial charge in [0.2, 0.25) is 5.91 Å². The van der Waals surface area contributed by atoms with Crippen molar-refractivity contribution in [3.8, 4) is 0 Å². The molecular weight excluding hydrogens is 286 g/mol. The zero-order valence-electron chi connectivity index (χ0n) is 13.8. The molecule has 4 nitrogen and oxygen atoms in total. The Morgan fingerprint density at radius 2 is 2.13 bits per heavy atom. The Hall–Kier alpha value is -2.10. The molecule has 1 aliphatic carbocycles.